The average Bonchev–Trinajstić information content (AvgIpc) is 3.26. The highest BCUT2D eigenvalue weighted by Crippen LogP contribution is 2.26. The van der Waals surface area contributed by atoms with Gasteiger partial charge in [-0.2, -0.15) is 4.57 Å². The lowest BCUT2D eigenvalue weighted by atomic mass is 10.2. The zero-order chi connectivity index (χ0) is 15.6. The first-order chi connectivity index (χ1) is 11.3. The summed E-state index contributed by atoms with van der Waals surface area (Å²) in [5.74, 6) is 0.910. The van der Waals surface area contributed by atoms with E-state index >= 15 is 0 Å². The first-order valence-corrected chi connectivity index (χ1v) is 8.24. The molecule has 0 unspecified atom stereocenters. The van der Waals surface area contributed by atoms with Crippen LogP contribution in [0, 0.1) is 6.92 Å². The molecule has 116 valence electrons. The Kier molecular flexibility index (Phi) is 3.62. The van der Waals surface area contributed by atoms with Crippen molar-refractivity contribution in [2.45, 2.75) is 19.8 Å². The predicted molar refractivity (Wildman–Crippen MR) is 91.9 cm³/mol. The fraction of sp³-hybridized carbons (Fsp3) is 0.250. The van der Waals surface area contributed by atoms with E-state index in [0.717, 1.165) is 36.1 Å². The first-order valence-electron chi connectivity index (χ1n) is 8.24. The average molecular weight is 305 g/mol. The monoisotopic (exact) mass is 305 g/mol. The predicted octanol–water partition coefficient (Wildman–Crippen LogP) is 4.13. The van der Waals surface area contributed by atoms with Crippen LogP contribution in [-0.2, 0) is 0 Å². The third-order valence-electron chi connectivity index (χ3n) is 4.40. The molecule has 2 aromatic carbocycles. The Hall–Kier alpha value is -2.55. The van der Waals surface area contributed by atoms with Crippen molar-refractivity contribution < 1.29 is 8.98 Å². The van der Waals surface area contributed by atoms with Crippen LogP contribution in [0.1, 0.15) is 18.4 Å². The van der Waals surface area contributed by atoms with Crippen molar-refractivity contribution >= 4 is 6.01 Å². The van der Waals surface area contributed by atoms with E-state index in [0.29, 0.717) is 0 Å². The smallest absolute Gasteiger partial charge is 0.387 e. The molecular formula is C20H21N2O+. The first kappa shape index (κ1) is 14.1. The topological polar surface area (TPSA) is 20.3 Å². The number of oxazole rings is 1. The molecule has 4 rings (SSSR count). The molecule has 3 aromatic rings. The summed E-state index contributed by atoms with van der Waals surface area (Å²) >= 11 is 0. The van der Waals surface area contributed by atoms with Gasteiger partial charge in [-0.05, 0) is 31.9 Å². The summed E-state index contributed by atoms with van der Waals surface area (Å²) in [6.45, 7) is 4.24. The van der Waals surface area contributed by atoms with Crippen LogP contribution in [0.15, 0.2) is 65.2 Å². The molecule has 0 spiro atoms. The van der Waals surface area contributed by atoms with Gasteiger partial charge in [0.1, 0.15) is 11.9 Å². The number of benzene rings is 2. The Bertz CT molecular complexity index is 784. The molecule has 3 nitrogen and oxygen atoms in total. The number of rotatable bonds is 3. The number of aromatic nitrogens is 1. The summed E-state index contributed by atoms with van der Waals surface area (Å²) in [4.78, 5) is 2.34. The lowest BCUT2D eigenvalue weighted by Gasteiger charge is -2.07. The molecule has 23 heavy (non-hydrogen) atoms. The van der Waals surface area contributed by atoms with E-state index in [9.17, 15) is 0 Å². The van der Waals surface area contributed by atoms with Gasteiger partial charge < -0.3 is 4.42 Å². The standard InChI is InChI=1S/C20H21N2O/c1-16-9-11-18(12-10-16)22-15-19(17-7-3-2-4-8-17)23-20(22)21-13-5-6-14-21/h2-4,7-12,15H,5-6,13-14H2,1H3/q+1. The molecular weight excluding hydrogens is 284 g/mol. The zero-order valence-corrected chi connectivity index (χ0v) is 13.4. The number of hydrogen-bond donors (Lipinski definition) is 0. The van der Waals surface area contributed by atoms with Gasteiger partial charge in [0.15, 0.2) is 5.76 Å². The highest BCUT2D eigenvalue weighted by molar-refractivity contribution is 5.56. The molecule has 0 radical (unpaired) electrons. The fourth-order valence-electron chi connectivity index (χ4n) is 3.10. The van der Waals surface area contributed by atoms with Crippen LogP contribution >= 0.6 is 0 Å². The summed E-state index contributed by atoms with van der Waals surface area (Å²) in [7, 11) is 0. The highest BCUT2D eigenvalue weighted by Gasteiger charge is 2.30. The van der Waals surface area contributed by atoms with Gasteiger partial charge in [-0.25, -0.2) is 4.90 Å². The number of hydrogen-bond acceptors (Lipinski definition) is 2. The molecule has 2 heterocycles. The molecule has 0 aliphatic carbocycles. The van der Waals surface area contributed by atoms with Crippen molar-refractivity contribution in [2.75, 3.05) is 18.0 Å². The second-order valence-electron chi connectivity index (χ2n) is 6.14. The van der Waals surface area contributed by atoms with Gasteiger partial charge in [-0.3, -0.25) is 0 Å². The van der Waals surface area contributed by atoms with Crippen molar-refractivity contribution in [3.8, 4) is 17.0 Å². The van der Waals surface area contributed by atoms with Crippen LogP contribution in [0.3, 0.4) is 0 Å². The van der Waals surface area contributed by atoms with Gasteiger partial charge in [0.2, 0.25) is 0 Å². The Labute approximate surface area is 136 Å². The van der Waals surface area contributed by atoms with Gasteiger partial charge >= 0.3 is 6.01 Å². The van der Waals surface area contributed by atoms with Crippen molar-refractivity contribution in [3.63, 3.8) is 0 Å². The quantitative estimate of drug-likeness (QED) is 0.678. The van der Waals surface area contributed by atoms with E-state index in [1.165, 1.54) is 18.4 Å². The molecule has 1 aliphatic heterocycles. The Morgan fingerprint density at radius 3 is 2.30 bits per heavy atom. The maximum atomic E-state index is 6.26. The van der Waals surface area contributed by atoms with E-state index < -0.39 is 0 Å². The van der Waals surface area contributed by atoms with Crippen LogP contribution < -0.4 is 9.47 Å². The van der Waals surface area contributed by atoms with Crippen molar-refractivity contribution in [3.05, 3.63) is 66.4 Å². The minimum Gasteiger partial charge on any atom is -0.387 e. The number of anilines is 1. The summed E-state index contributed by atoms with van der Waals surface area (Å²) < 4.78 is 8.43. The van der Waals surface area contributed by atoms with Gasteiger partial charge in [0, 0.05) is 5.56 Å². The maximum absolute atomic E-state index is 6.26. The molecule has 0 bridgehead atoms. The van der Waals surface area contributed by atoms with Crippen molar-refractivity contribution in [1.82, 2.24) is 0 Å². The van der Waals surface area contributed by atoms with E-state index in [4.69, 9.17) is 4.42 Å². The SMILES string of the molecule is Cc1ccc(-[n+]2cc(-c3ccccc3)oc2N2CCCC2)cc1. The van der Waals surface area contributed by atoms with Crippen LogP contribution in [0.5, 0.6) is 0 Å². The molecule has 0 N–H and O–H groups in total. The zero-order valence-electron chi connectivity index (χ0n) is 13.4. The minimum absolute atomic E-state index is 0.910. The molecule has 1 aliphatic rings. The second-order valence-corrected chi connectivity index (χ2v) is 6.14. The lowest BCUT2D eigenvalue weighted by Crippen LogP contribution is -2.36. The summed E-state index contributed by atoms with van der Waals surface area (Å²) in [6, 6.07) is 19.8. The minimum atomic E-state index is 0.910. The van der Waals surface area contributed by atoms with Gasteiger partial charge in [-0.15, -0.1) is 0 Å². The van der Waals surface area contributed by atoms with E-state index in [1.54, 1.807) is 0 Å². The molecule has 1 aromatic heterocycles. The molecule has 1 saturated heterocycles. The molecule has 3 heteroatoms. The second kappa shape index (κ2) is 5.92. The number of nitrogens with zero attached hydrogens (tertiary/aromatic N) is 2. The Morgan fingerprint density at radius 2 is 1.61 bits per heavy atom. The van der Waals surface area contributed by atoms with Crippen LogP contribution in [0.2, 0.25) is 0 Å². The molecule has 0 amide bonds. The largest absolute Gasteiger partial charge is 0.462 e. The third kappa shape index (κ3) is 2.74. The number of aryl methyl sites for hydroxylation is 1. The molecule has 1 fully saturated rings. The van der Waals surface area contributed by atoms with Gasteiger partial charge in [-0.1, -0.05) is 48.0 Å². The summed E-state index contributed by atoms with van der Waals surface area (Å²) in [6.07, 6.45) is 4.57. The fourth-order valence-corrected chi connectivity index (χ4v) is 3.10. The summed E-state index contributed by atoms with van der Waals surface area (Å²) in [5.41, 5.74) is 3.52. The molecule has 0 saturated carbocycles. The van der Waals surface area contributed by atoms with Crippen molar-refractivity contribution in [1.29, 1.82) is 0 Å². The maximum Gasteiger partial charge on any atom is 0.462 e. The van der Waals surface area contributed by atoms with E-state index in [-0.39, 0.29) is 0 Å². The van der Waals surface area contributed by atoms with Crippen LogP contribution in [-0.4, -0.2) is 13.1 Å². The normalized spacial score (nSPS) is 14.4. The molecule has 0 atom stereocenters. The van der Waals surface area contributed by atoms with E-state index in [1.807, 2.05) is 18.2 Å². The Balaban J connectivity index is 1.82. The van der Waals surface area contributed by atoms with Gasteiger partial charge in [0.25, 0.3) is 0 Å². The third-order valence-corrected chi connectivity index (χ3v) is 4.40. The van der Waals surface area contributed by atoms with Gasteiger partial charge in [0.05, 0.1) is 13.1 Å². The van der Waals surface area contributed by atoms with Crippen molar-refractivity contribution in [2.24, 2.45) is 0 Å². The summed E-state index contributed by atoms with van der Waals surface area (Å²) in [5, 5.41) is 0. The Morgan fingerprint density at radius 1 is 0.913 bits per heavy atom. The lowest BCUT2D eigenvalue weighted by molar-refractivity contribution is -0.584. The highest BCUT2D eigenvalue weighted by atomic mass is 16.4. The van der Waals surface area contributed by atoms with E-state index in [2.05, 4.69) is 59.0 Å². The van der Waals surface area contributed by atoms with Crippen LogP contribution in [0.25, 0.3) is 17.0 Å². The van der Waals surface area contributed by atoms with Crippen LogP contribution in [0.4, 0.5) is 6.01 Å².